The molecule has 0 N–H and O–H groups in total. The first-order valence-electron chi connectivity index (χ1n) is 9.95. The number of nitrogens with zero attached hydrogens (tertiary/aromatic N) is 4. The maximum atomic E-state index is 12.4. The molecule has 0 aliphatic heterocycles. The van der Waals surface area contributed by atoms with Crippen LogP contribution in [0.2, 0.25) is 0 Å². The molecule has 0 aliphatic carbocycles. The summed E-state index contributed by atoms with van der Waals surface area (Å²) in [7, 11) is 1.71. The van der Waals surface area contributed by atoms with Gasteiger partial charge in [0.15, 0.2) is 10.3 Å². The molecule has 2 aromatic heterocycles. The summed E-state index contributed by atoms with van der Waals surface area (Å²) in [6, 6.07) is 16.0. The number of aryl methyl sites for hydroxylation is 1. The molecular weight excluding hydrogens is 428 g/mol. The van der Waals surface area contributed by atoms with E-state index in [9.17, 15) is 4.79 Å². The zero-order chi connectivity index (χ0) is 21.8. The lowest BCUT2D eigenvalue weighted by atomic mass is 10.2. The molecule has 4 rings (SSSR count). The number of imidazole rings is 1. The number of benzene rings is 2. The van der Waals surface area contributed by atoms with Crippen molar-refractivity contribution in [2.45, 2.75) is 31.3 Å². The van der Waals surface area contributed by atoms with Gasteiger partial charge in [0.05, 0.1) is 29.0 Å². The van der Waals surface area contributed by atoms with Crippen LogP contribution >= 0.6 is 23.1 Å². The number of anilines is 2. The predicted molar refractivity (Wildman–Crippen MR) is 127 cm³/mol. The molecule has 4 aromatic rings. The highest BCUT2D eigenvalue weighted by Crippen LogP contribution is 2.32. The van der Waals surface area contributed by atoms with E-state index in [1.807, 2.05) is 54.8 Å². The first-order valence-corrected chi connectivity index (χ1v) is 11.8. The predicted octanol–water partition coefficient (Wildman–Crippen LogP) is 5.42. The number of aromatic nitrogens is 3. The number of fused-ring (bicyclic) bond motifs is 1. The van der Waals surface area contributed by atoms with Gasteiger partial charge in [-0.15, -0.1) is 11.3 Å². The number of thioether (sulfide) groups is 1. The number of carbonyl (C=O) groups excluding carboxylic acids is 1. The fraction of sp³-hybridized carbons (Fsp3) is 0.261. The Hall–Kier alpha value is -2.68. The Morgan fingerprint density at radius 2 is 2.03 bits per heavy atom. The van der Waals surface area contributed by atoms with E-state index in [-0.39, 0.29) is 5.91 Å². The number of rotatable bonds is 8. The molecule has 31 heavy (non-hydrogen) atoms. The van der Waals surface area contributed by atoms with Crippen molar-refractivity contribution in [3.8, 4) is 0 Å². The van der Waals surface area contributed by atoms with Crippen molar-refractivity contribution >= 4 is 50.9 Å². The molecule has 0 saturated heterocycles. The quantitative estimate of drug-likeness (QED) is 0.334. The molecule has 0 fully saturated rings. The summed E-state index contributed by atoms with van der Waals surface area (Å²) in [6.07, 6.45) is 0. The third-order valence-corrected chi connectivity index (χ3v) is 6.68. The summed E-state index contributed by atoms with van der Waals surface area (Å²) >= 11 is 3.12. The van der Waals surface area contributed by atoms with Crippen molar-refractivity contribution in [3.63, 3.8) is 0 Å². The van der Waals surface area contributed by atoms with Crippen molar-refractivity contribution in [1.29, 1.82) is 0 Å². The third kappa shape index (κ3) is 4.81. The van der Waals surface area contributed by atoms with E-state index in [2.05, 4.69) is 10.6 Å². The first-order chi connectivity index (χ1) is 15.1. The van der Waals surface area contributed by atoms with E-state index in [0.717, 1.165) is 39.7 Å². The smallest absolute Gasteiger partial charge is 0.230 e. The average Bonchev–Trinajstić information content (AvgIpc) is 3.35. The molecule has 0 radical (unpaired) electrons. The van der Waals surface area contributed by atoms with E-state index >= 15 is 0 Å². The molecule has 2 aromatic carbocycles. The number of para-hydroxylation sites is 2. The van der Waals surface area contributed by atoms with E-state index in [1.165, 1.54) is 11.3 Å². The van der Waals surface area contributed by atoms with Crippen LogP contribution in [0.3, 0.4) is 0 Å². The minimum Gasteiger partial charge on any atom is -0.383 e. The lowest BCUT2D eigenvalue weighted by Gasteiger charge is -2.18. The Morgan fingerprint density at radius 1 is 1.19 bits per heavy atom. The Morgan fingerprint density at radius 3 is 2.81 bits per heavy atom. The van der Waals surface area contributed by atoms with Crippen LogP contribution in [-0.4, -0.2) is 34.2 Å². The number of ether oxygens (including phenoxy) is 1. The van der Waals surface area contributed by atoms with Gasteiger partial charge in [-0.3, -0.25) is 9.69 Å². The molecule has 0 atom stereocenters. The second kappa shape index (κ2) is 9.64. The first kappa shape index (κ1) is 21.5. The van der Waals surface area contributed by atoms with Crippen molar-refractivity contribution in [1.82, 2.24) is 14.5 Å². The monoisotopic (exact) mass is 452 g/mol. The summed E-state index contributed by atoms with van der Waals surface area (Å²) in [6.45, 7) is 4.95. The second-order valence-corrected chi connectivity index (χ2v) is 8.91. The lowest BCUT2D eigenvalue weighted by molar-refractivity contribution is -0.115. The Labute approximate surface area is 189 Å². The summed E-state index contributed by atoms with van der Waals surface area (Å²) < 4.78 is 7.46. The summed E-state index contributed by atoms with van der Waals surface area (Å²) in [5, 5.41) is 3.63. The zero-order valence-electron chi connectivity index (χ0n) is 17.7. The maximum absolute atomic E-state index is 12.4. The Bertz CT molecular complexity index is 1200. The minimum absolute atomic E-state index is 0.0551. The lowest BCUT2D eigenvalue weighted by Crippen LogP contribution is -2.22. The van der Waals surface area contributed by atoms with E-state index in [4.69, 9.17) is 14.7 Å². The van der Waals surface area contributed by atoms with Crippen LogP contribution in [0.1, 0.15) is 18.2 Å². The highest BCUT2D eigenvalue weighted by molar-refractivity contribution is 7.98. The standard InChI is InChI=1S/C23H24N4O2S2/c1-16-7-6-8-19(13-16)27(17(2)28)23-24-18(15-31-23)14-30-22-25-20-9-4-5-10-21(20)26(22)11-12-29-3/h4-10,13,15H,11-12,14H2,1-3H3. The van der Waals surface area contributed by atoms with Crippen LogP contribution in [-0.2, 0) is 21.8 Å². The average molecular weight is 453 g/mol. The van der Waals surface area contributed by atoms with Crippen molar-refractivity contribution in [3.05, 3.63) is 65.2 Å². The maximum Gasteiger partial charge on any atom is 0.230 e. The van der Waals surface area contributed by atoms with Gasteiger partial charge in [0, 0.05) is 31.7 Å². The van der Waals surface area contributed by atoms with Crippen LogP contribution < -0.4 is 4.90 Å². The van der Waals surface area contributed by atoms with Crippen LogP contribution in [0.4, 0.5) is 10.8 Å². The van der Waals surface area contributed by atoms with Gasteiger partial charge in [0.2, 0.25) is 5.91 Å². The number of thiazole rings is 1. The number of methoxy groups -OCH3 is 1. The van der Waals surface area contributed by atoms with E-state index in [0.29, 0.717) is 17.5 Å². The number of carbonyl (C=O) groups is 1. The number of hydrogen-bond donors (Lipinski definition) is 0. The fourth-order valence-electron chi connectivity index (χ4n) is 3.36. The molecule has 0 bridgehead atoms. The molecule has 0 spiro atoms. The van der Waals surface area contributed by atoms with Crippen LogP contribution in [0.5, 0.6) is 0 Å². The van der Waals surface area contributed by atoms with Crippen molar-refractivity contribution < 1.29 is 9.53 Å². The highest BCUT2D eigenvalue weighted by Gasteiger charge is 2.19. The fourth-order valence-corrected chi connectivity index (χ4v) is 5.29. The van der Waals surface area contributed by atoms with Gasteiger partial charge < -0.3 is 9.30 Å². The largest absolute Gasteiger partial charge is 0.383 e. The Kier molecular flexibility index (Phi) is 6.70. The summed E-state index contributed by atoms with van der Waals surface area (Å²) in [5.74, 6) is 0.618. The molecule has 160 valence electrons. The van der Waals surface area contributed by atoms with E-state index in [1.54, 1.807) is 30.7 Å². The molecule has 0 saturated carbocycles. The zero-order valence-corrected chi connectivity index (χ0v) is 19.4. The van der Waals surface area contributed by atoms with Gasteiger partial charge in [-0.05, 0) is 36.8 Å². The van der Waals surface area contributed by atoms with Gasteiger partial charge in [0.25, 0.3) is 0 Å². The Balaban J connectivity index is 1.55. The van der Waals surface area contributed by atoms with Gasteiger partial charge in [0.1, 0.15) is 0 Å². The van der Waals surface area contributed by atoms with Crippen LogP contribution in [0.15, 0.2) is 59.1 Å². The van der Waals surface area contributed by atoms with Crippen molar-refractivity contribution in [2.24, 2.45) is 0 Å². The van der Waals surface area contributed by atoms with Crippen molar-refractivity contribution in [2.75, 3.05) is 18.6 Å². The highest BCUT2D eigenvalue weighted by atomic mass is 32.2. The SMILES string of the molecule is COCCn1c(SCc2csc(N(C(C)=O)c3cccc(C)c3)n2)nc2ccccc21. The molecule has 1 amide bonds. The molecule has 0 unspecified atom stereocenters. The van der Waals surface area contributed by atoms with Gasteiger partial charge in [-0.1, -0.05) is 36.0 Å². The molecular formula is C23H24N4O2S2. The topological polar surface area (TPSA) is 60.2 Å². The number of hydrogen-bond acceptors (Lipinski definition) is 6. The van der Waals surface area contributed by atoms with Crippen LogP contribution in [0.25, 0.3) is 11.0 Å². The van der Waals surface area contributed by atoms with Gasteiger partial charge in [-0.2, -0.15) is 0 Å². The summed E-state index contributed by atoms with van der Waals surface area (Å²) in [5.41, 5.74) is 4.94. The third-order valence-electron chi connectivity index (χ3n) is 4.79. The molecule has 8 heteroatoms. The normalized spacial score (nSPS) is 11.2. The van der Waals surface area contributed by atoms with E-state index < -0.39 is 0 Å². The molecule has 0 aliphatic rings. The minimum atomic E-state index is -0.0551. The van der Waals surface area contributed by atoms with Gasteiger partial charge >= 0.3 is 0 Å². The second-order valence-electron chi connectivity index (χ2n) is 7.13. The number of amides is 1. The molecule has 6 nitrogen and oxygen atoms in total. The van der Waals surface area contributed by atoms with Gasteiger partial charge in [-0.25, -0.2) is 9.97 Å². The summed E-state index contributed by atoms with van der Waals surface area (Å²) in [4.78, 5) is 23.5. The molecule has 2 heterocycles. The van der Waals surface area contributed by atoms with Crippen LogP contribution in [0, 0.1) is 6.92 Å².